The van der Waals surface area contributed by atoms with E-state index in [4.69, 9.17) is 16.1 Å². The Hall–Kier alpha value is -5.22. The number of anilines is 1. The van der Waals surface area contributed by atoms with E-state index < -0.39 is 23.4 Å². The summed E-state index contributed by atoms with van der Waals surface area (Å²) >= 11 is 0. The summed E-state index contributed by atoms with van der Waals surface area (Å²) < 4.78 is 41.2. The fraction of sp³-hybridized carbons (Fsp3) is 0.378. The quantitative estimate of drug-likeness (QED) is 0.0890. The number of rotatable bonds is 16. The van der Waals surface area contributed by atoms with Crippen molar-refractivity contribution in [1.82, 2.24) is 29.9 Å². The number of nitriles is 1. The molecule has 3 heterocycles. The molecular weight excluding hydrogens is 645 g/mol. The largest absolute Gasteiger partial charge is 0.478 e. The smallest absolute Gasteiger partial charge is 0.436 e. The number of aromatic nitrogens is 5. The second kappa shape index (κ2) is 18.5. The number of nitrogens with one attached hydrogen (secondary N) is 1. The minimum Gasteiger partial charge on any atom is -0.478 e. The molecule has 5 rings (SSSR count). The van der Waals surface area contributed by atoms with Crippen molar-refractivity contribution in [1.29, 1.82) is 5.26 Å². The number of hydrogen-bond donors (Lipinski definition) is 3. The molecule has 2 aromatic carbocycles. The van der Waals surface area contributed by atoms with Gasteiger partial charge in [0.05, 0.1) is 24.8 Å². The number of hydrogen-bond acceptors (Lipinski definition) is 7. The molecule has 3 aromatic heterocycles. The van der Waals surface area contributed by atoms with Gasteiger partial charge in [0.2, 0.25) is 0 Å². The third-order valence-corrected chi connectivity index (χ3v) is 8.13. The number of nitrogen functional groups attached to an aromatic ring is 1. The molecule has 0 radical (unpaired) electrons. The highest BCUT2D eigenvalue weighted by atomic mass is 19.4. The van der Waals surface area contributed by atoms with Gasteiger partial charge in [0.25, 0.3) is 0 Å². The molecular formula is C37H43F3N8O2. The Morgan fingerprint density at radius 1 is 0.920 bits per heavy atom. The molecule has 4 N–H and O–H groups in total. The van der Waals surface area contributed by atoms with Crippen LogP contribution in [0.25, 0.3) is 10.8 Å². The zero-order valence-corrected chi connectivity index (χ0v) is 28.2. The highest BCUT2D eigenvalue weighted by Gasteiger charge is 2.39. The number of benzene rings is 2. The van der Waals surface area contributed by atoms with Crippen molar-refractivity contribution in [3.8, 4) is 6.07 Å². The molecule has 0 amide bonds. The Kier molecular flexibility index (Phi) is 13.9. The highest BCUT2D eigenvalue weighted by Crippen LogP contribution is 2.31. The van der Waals surface area contributed by atoms with Crippen LogP contribution in [0, 0.1) is 11.3 Å². The topological polar surface area (TPSA) is 148 Å². The molecule has 0 fully saturated rings. The van der Waals surface area contributed by atoms with Gasteiger partial charge in [-0.25, -0.2) is 9.78 Å². The van der Waals surface area contributed by atoms with Gasteiger partial charge in [-0.2, -0.15) is 28.6 Å². The number of carbonyl (C=O) groups is 1. The first-order valence-electron chi connectivity index (χ1n) is 16.8. The van der Waals surface area contributed by atoms with Crippen LogP contribution in [0.3, 0.4) is 0 Å². The van der Waals surface area contributed by atoms with Crippen molar-refractivity contribution in [3.63, 3.8) is 0 Å². The molecule has 0 aliphatic heterocycles. The molecule has 0 saturated carbocycles. The van der Waals surface area contributed by atoms with E-state index in [9.17, 15) is 18.0 Å². The highest BCUT2D eigenvalue weighted by molar-refractivity contribution is 5.91. The van der Waals surface area contributed by atoms with Gasteiger partial charge in [0.1, 0.15) is 17.5 Å². The monoisotopic (exact) mass is 688 g/mol. The van der Waals surface area contributed by atoms with Crippen LogP contribution in [0.4, 0.5) is 19.0 Å². The van der Waals surface area contributed by atoms with Crippen LogP contribution in [0.5, 0.6) is 0 Å². The zero-order valence-electron chi connectivity index (χ0n) is 28.2. The number of nitrogens with two attached hydrogens (primary N) is 1. The average Bonchev–Trinajstić information content (AvgIpc) is 3.74. The number of nitrogens with zero attached hydrogens (tertiary/aromatic N) is 6. The summed E-state index contributed by atoms with van der Waals surface area (Å²) in [6.07, 6.45) is 11.8. The maximum absolute atomic E-state index is 12.9. The van der Waals surface area contributed by atoms with Crippen molar-refractivity contribution >= 4 is 22.6 Å². The SMILES string of the molecule is CCCCCCCCCCNCc1ccc2c(N)nccc2c1.N#Cc1cnn(Cc2ccc(Cn3cc(C(=O)O)c(C(F)(F)F)n3)cc2)c1. The van der Waals surface area contributed by atoms with Crippen LogP contribution in [-0.4, -0.2) is 42.2 Å². The first kappa shape index (κ1) is 37.6. The first-order chi connectivity index (χ1) is 24.1. The van der Waals surface area contributed by atoms with E-state index in [0.717, 1.165) is 34.9 Å². The number of fused-ring (bicyclic) bond motifs is 1. The number of pyridine rings is 1. The van der Waals surface area contributed by atoms with Crippen molar-refractivity contribution < 1.29 is 23.1 Å². The molecule has 10 nitrogen and oxygen atoms in total. The van der Waals surface area contributed by atoms with Gasteiger partial charge in [0.15, 0.2) is 5.69 Å². The number of carboxylic acids is 1. The van der Waals surface area contributed by atoms with Gasteiger partial charge in [-0.1, -0.05) is 88.3 Å². The van der Waals surface area contributed by atoms with Crippen molar-refractivity contribution in [2.45, 2.75) is 84.1 Å². The summed E-state index contributed by atoms with van der Waals surface area (Å²) in [5.74, 6) is -1.07. The van der Waals surface area contributed by atoms with Crippen molar-refractivity contribution in [2.75, 3.05) is 12.3 Å². The van der Waals surface area contributed by atoms with E-state index in [2.05, 4.69) is 45.6 Å². The van der Waals surface area contributed by atoms with E-state index in [1.54, 1.807) is 41.3 Å². The predicted molar refractivity (Wildman–Crippen MR) is 186 cm³/mol. The third-order valence-electron chi connectivity index (χ3n) is 8.13. The summed E-state index contributed by atoms with van der Waals surface area (Å²) in [6, 6.07) is 17.4. The number of unbranched alkanes of at least 4 members (excludes halogenated alkanes) is 7. The van der Waals surface area contributed by atoms with E-state index in [-0.39, 0.29) is 6.54 Å². The minimum atomic E-state index is -4.84. The molecule has 264 valence electrons. The lowest BCUT2D eigenvalue weighted by molar-refractivity contribution is -0.142. The van der Waals surface area contributed by atoms with Gasteiger partial charge >= 0.3 is 12.1 Å². The molecule has 5 aromatic rings. The van der Waals surface area contributed by atoms with Crippen LogP contribution in [0.2, 0.25) is 0 Å². The lowest BCUT2D eigenvalue weighted by Crippen LogP contribution is -2.14. The Bertz CT molecular complexity index is 1860. The second-order valence-corrected chi connectivity index (χ2v) is 12.2. The van der Waals surface area contributed by atoms with E-state index in [1.165, 1.54) is 68.5 Å². The molecule has 50 heavy (non-hydrogen) atoms. The second-order valence-electron chi connectivity index (χ2n) is 12.2. The maximum atomic E-state index is 12.9. The van der Waals surface area contributed by atoms with E-state index in [0.29, 0.717) is 23.5 Å². The molecule has 0 aliphatic rings. The number of carboxylic acid groups (broad SMARTS) is 1. The molecule has 0 spiro atoms. The summed E-state index contributed by atoms with van der Waals surface area (Å²) in [4.78, 5) is 15.1. The molecule has 0 saturated heterocycles. The lowest BCUT2D eigenvalue weighted by Gasteiger charge is -2.07. The fourth-order valence-corrected chi connectivity index (χ4v) is 5.48. The third kappa shape index (κ3) is 11.4. The average molecular weight is 689 g/mol. The molecule has 0 aliphatic carbocycles. The Balaban J connectivity index is 0.000000228. The number of halogens is 3. The van der Waals surface area contributed by atoms with Gasteiger partial charge in [0, 0.05) is 30.5 Å². The Labute approximate surface area is 289 Å². The van der Waals surface area contributed by atoms with Gasteiger partial charge in [-0.3, -0.25) is 9.36 Å². The minimum absolute atomic E-state index is 0.00299. The lowest BCUT2D eigenvalue weighted by atomic mass is 10.1. The molecule has 13 heteroatoms. The van der Waals surface area contributed by atoms with E-state index >= 15 is 0 Å². The number of aromatic carboxylic acids is 1. The summed E-state index contributed by atoms with van der Waals surface area (Å²) in [6.45, 7) is 4.73. The Morgan fingerprint density at radius 3 is 2.16 bits per heavy atom. The van der Waals surface area contributed by atoms with Crippen LogP contribution in [0.1, 0.15) is 96.6 Å². The predicted octanol–water partition coefficient (Wildman–Crippen LogP) is 7.81. The summed E-state index contributed by atoms with van der Waals surface area (Å²) in [5.41, 5.74) is 6.88. The number of alkyl halides is 3. The van der Waals surface area contributed by atoms with E-state index in [1.807, 2.05) is 12.1 Å². The van der Waals surface area contributed by atoms with Crippen LogP contribution < -0.4 is 11.1 Å². The standard InChI is InChI=1S/C20H31N3.C17H12F3N5O2/c1-2-3-4-5-6-7-8-9-13-22-16-17-10-11-19-18(15-17)12-14-23-20(19)21;18-17(19,20)15-14(16(26)27)10-25(23-15)8-12-3-1-11(2-4-12)7-24-9-13(5-21)6-22-24/h10-12,14-15,22H,2-9,13,16H2,1H3,(H2,21,23);1-4,6,9-10H,7-8H2,(H,26,27). The van der Waals surface area contributed by atoms with Gasteiger partial charge in [-0.15, -0.1) is 0 Å². The molecule has 0 bridgehead atoms. The first-order valence-corrected chi connectivity index (χ1v) is 16.8. The molecule has 0 unspecified atom stereocenters. The Morgan fingerprint density at radius 2 is 1.56 bits per heavy atom. The summed E-state index contributed by atoms with van der Waals surface area (Å²) in [5, 5.41) is 30.9. The van der Waals surface area contributed by atoms with Crippen LogP contribution >= 0.6 is 0 Å². The van der Waals surface area contributed by atoms with Crippen molar-refractivity contribution in [2.24, 2.45) is 0 Å². The normalized spacial score (nSPS) is 11.3. The molecule has 0 atom stereocenters. The zero-order chi connectivity index (χ0) is 35.9. The van der Waals surface area contributed by atoms with Crippen LogP contribution in [-0.2, 0) is 25.8 Å². The van der Waals surface area contributed by atoms with Crippen molar-refractivity contribution in [3.05, 3.63) is 107 Å². The van der Waals surface area contributed by atoms with Crippen LogP contribution in [0.15, 0.2) is 73.3 Å². The van der Waals surface area contributed by atoms with Gasteiger partial charge in [-0.05, 0) is 47.2 Å². The van der Waals surface area contributed by atoms with Gasteiger partial charge < -0.3 is 16.2 Å². The fourth-order valence-electron chi connectivity index (χ4n) is 5.48. The maximum Gasteiger partial charge on any atom is 0.436 e. The summed E-state index contributed by atoms with van der Waals surface area (Å²) in [7, 11) is 0.